The molecule has 2 saturated heterocycles. The third-order valence-corrected chi connectivity index (χ3v) is 10.7. The van der Waals surface area contributed by atoms with Crippen molar-refractivity contribution in [2.24, 2.45) is 4.36 Å². The third kappa shape index (κ3) is 17.7. The Morgan fingerprint density at radius 1 is 0.820 bits per heavy atom. The average molecular weight is 940 g/mol. The summed E-state index contributed by atoms with van der Waals surface area (Å²) in [6.07, 6.45) is 5.21. The van der Waals surface area contributed by atoms with E-state index in [0.717, 1.165) is 73.9 Å². The highest BCUT2D eigenvalue weighted by Crippen LogP contribution is 2.30. The zero-order valence-electron chi connectivity index (χ0n) is 33.7. The van der Waals surface area contributed by atoms with Crippen molar-refractivity contribution in [1.29, 1.82) is 0 Å². The number of anilines is 3. The summed E-state index contributed by atoms with van der Waals surface area (Å²) in [4.78, 5) is 41.9. The molecule has 0 radical (unpaired) electrons. The number of benzene rings is 4. The Labute approximate surface area is 372 Å². The molecule has 0 saturated carbocycles. The summed E-state index contributed by atoms with van der Waals surface area (Å²) in [5, 5.41) is 11.3. The van der Waals surface area contributed by atoms with Gasteiger partial charge in [0.2, 0.25) is 5.78 Å². The normalized spacial score (nSPS) is 13.3. The Kier molecular flexibility index (Phi) is 20.8. The number of Topliss-reactive ketones (excluding diaryl/α,β-unsaturated/α-hetero) is 1. The van der Waals surface area contributed by atoms with Crippen LogP contribution in [-0.2, 0) is 17.2 Å². The Morgan fingerprint density at radius 2 is 1.30 bits per heavy atom. The quantitative estimate of drug-likeness (QED) is 0.0676. The molecule has 1 aromatic heterocycles. The van der Waals surface area contributed by atoms with Gasteiger partial charge in [-0.2, -0.15) is 4.36 Å². The molecule has 2 aliphatic rings. The number of nitrogen functional groups attached to an aromatic ring is 1. The number of alkyl halides is 1. The molecular formula is C44H49BrF2N6O6S2. The maximum Gasteiger partial charge on any atom is 0.300 e. The van der Waals surface area contributed by atoms with Gasteiger partial charge >= 0.3 is 0 Å². The Hall–Kier alpha value is -5.20. The van der Waals surface area contributed by atoms with Crippen molar-refractivity contribution in [2.75, 3.05) is 68.9 Å². The highest BCUT2D eigenvalue weighted by molar-refractivity contribution is 9.09. The van der Waals surface area contributed by atoms with Crippen LogP contribution >= 0.6 is 27.3 Å². The van der Waals surface area contributed by atoms with Crippen LogP contribution in [0.15, 0.2) is 101 Å². The number of carbonyl (C=O) groups is 3. The predicted molar refractivity (Wildman–Crippen MR) is 242 cm³/mol. The van der Waals surface area contributed by atoms with Crippen LogP contribution in [0.25, 0.3) is 0 Å². The number of aliphatic carboxylic acids is 1. The number of carbonyl (C=O) groups excluding carboxylic acids is 2. The molecule has 0 bridgehead atoms. The first kappa shape index (κ1) is 48.5. The molecule has 17 heteroatoms. The number of ether oxygens (including phenoxy) is 2. The van der Waals surface area contributed by atoms with Crippen LogP contribution in [0.2, 0.25) is 0 Å². The van der Waals surface area contributed by atoms with E-state index in [1.807, 2.05) is 48.5 Å². The number of nitrogens with zero attached hydrogens (tertiary/aromatic N) is 4. The molecule has 4 N–H and O–H groups in total. The van der Waals surface area contributed by atoms with E-state index in [9.17, 15) is 18.4 Å². The second-order valence-electron chi connectivity index (χ2n) is 13.7. The summed E-state index contributed by atoms with van der Waals surface area (Å²) in [5.74, 6) is -0.314. The van der Waals surface area contributed by atoms with E-state index in [4.69, 9.17) is 25.1 Å². The van der Waals surface area contributed by atoms with E-state index in [0.29, 0.717) is 17.3 Å². The van der Waals surface area contributed by atoms with Gasteiger partial charge in [-0.15, -0.1) is 0 Å². The largest absolute Gasteiger partial charge is 0.492 e. The fourth-order valence-electron chi connectivity index (χ4n) is 6.01. The minimum atomic E-state index is -0.833. The minimum Gasteiger partial charge on any atom is -0.492 e. The number of hydrogen-bond donors (Lipinski definition) is 3. The lowest BCUT2D eigenvalue weighted by molar-refractivity contribution is -0.134. The second-order valence-corrected chi connectivity index (χ2v) is 15.4. The highest BCUT2D eigenvalue weighted by Gasteiger charge is 2.19. The lowest BCUT2D eigenvalue weighted by Gasteiger charge is -2.15. The number of nitrogens with one attached hydrogen (secondary N) is 1. The summed E-state index contributed by atoms with van der Waals surface area (Å²) in [6.45, 7) is 9.23. The van der Waals surface area contributed by atoms with Gasteiger partial charge in [0.05, 0.1) is 11.0 Å². The van der Waals surface area contributed by atoms with Crippen LogP contribution in [0.1, 0.15) is 58.2 Å². The molecule has 61 heavy (non-hydrogen) atoms. The van der Waals surface area contributed by atoms with E-state index in [-0.39, 0.29) is 39.0 Å². The molecular weight excluding hydrogens is 891 g/mol. The number of aromatic nitrogens is 1. The summed E-state index contributed by atoms with van der Waals surface area (Å²) >= 11 is 8.74. The number of thiazole rings is 1. The molecule has 0 atom stereocenters. The molecule has 0 unspecified atom stereocenters. The van der Waals surface area contributed by atoms with Gasteiger partial charge in [-0.1, -0.05) is 51.5 Å². The van der Waals surface area contributed by atoms with Gasteiger partial charge < -0.3 is 25.6 Å². The van der Waals surface area contributed by atoms with Crippen molar-refractivity contribution in [3.8, 4) is 11.5 Å². The van der Waals surface area contributed by atoms with E-state index in [2.05, 4.69) is 52.8 Å². The maximum absolute atomic E-state index is 13.4. The van der Waals surface area contributed by atoms with Crippen molar-refractivity contribution < 1.29 is 37.7 Å². The van der Waals surface area contributed by atoms with Crippen molar-refractivity contribution in [2.45, 2.75) is 32.6 Å². The molecule has 0 aliphatic carbocycles. The summed E-state index contributed by atoms with van der Waals surface area (Å²) < 4.78 is 41.0. The van der Waals surface area contributed by atoms with E-state index < -0.39 is 11.8 Å². The van der Waals surface area contributed by atoms with Crippen LogP contribution in [-0.4, -0.2) is 95.2 Å². The molecule has 7 rings (SSSR count). The van der Waals surface area contributed by atoms with Gasteiger partial charge in [0.1, 0.15) is 47.0 Å². The van der Waals surface area contributed by atoms with Crippen LogP contribution < -0.4 is 20.5 Å². The number of rotatable bonds is 15. The number of nitrogens with two attached hydrogens (primary N) is 1. The summed E-state index contributed by atoms with van der Waals surface area (Å²) in [5.41, 5.74) is 8.18. The van der Waals surface area contributed by atoms with Crippen LogP contribution in [0.5, 0.6) is 11.5 Å². The molecule has 2 aliphatic heterocycles. The zero-order chi connectivity index (χ0) is 44.0. The standard InChI is InChI=1S/C22H23FN4O2S.C12H16N2OS.C8H6BrFO.C2H4O2/c23-16-5-3-4-15(14-16)19(28)20-21(24)26-22(30-20)25-17-6-8-18(9-7-17)29-13-12-27-10-1-2-11-27;16-13-11-3-5-12(6-4-11)15-10-9-14-7-1-2-8-14;9-5-8(11)6-2-1-3-7(10)4-6;1-2(3)4/h3-9,14H,1-2,10-13,24H2,(H,25,26);3-6H,1-2,7-10H2;1-4H,5H2;1H3,(H,3,4). The average Bonchev–Trinajstić information content (AvgIpc) is 4.05. The van der Waals surface area contributed by atoms with Crippen LogP contribution in [0.4, 0.5) is 31.1 Å². The molecule has 0 amide bonds. The summed E-state index contributed by atoms with van der Waals surface area (Å²) in [6, 6.07) is 26.3. The second kappa shape index (κ2) is 26.2. The van der Waals surface area contributed by atoms with Gasteiger partial charge in [0, 0.05) is 49.3 Å². The maximum atomic E-state index is 13.4. The molecule has 4 aromatic carbocycles. The van der Waals surface area contributed by atoms with Crippen LogP contribution in [0, 0.1) is 11.6 Å². The smallest absolute Gasteiger partial charge is 0.300 e. The number of halogens is 3. The Bertz CT molecular complexity index is 2150. The van der Waals surface area contributed by atoms with Crippen molar-refractivity contribution >= 4 is 79.6 Å². The first-order valence-electron chi connectivity index (χ1n) is 19.6. The lowest BCUT2D eigenvalue weighted by atomic mass is 10.1. The number of ketones is 2. The van der Waals surface area contributed by atoms with Gasteiger partial charge in [-0.25, -0.2) is 13.8 Å². The molecule has 0 spiro atoms. The first-order valence-corrected chi connectivity index (χ1v) is 21.9. The fraction of sp³-hybridized carbons (Fsp3) is 0.318. The molecule has 3 heterocycles. The van der Waals surface area contributed by atoms with E-state index in [1.165, 1.54) is 75.2 Å². The number of carboxylic acid groups (broad SMARTS) is 1. The Balaban J connectivity index is 0.000000220. The molecule has 5 aromatic rings. The predicted octanol–water partition coefficient (Wildman–Crippen LogP) is 9.33. The topological polar surface area (TPSA) is 160 Å². The highest BCUT2D eigenvalue weighted by atomic mass is 79.9. The van der Waals surface area contributed by atoms with E-state index in [1.54, 1.807) is 12.1 Å². The third-order valence-electron chi connectivity index (χ3n) is 9.01. The zero-order valence-corrected chi connectivity index (χ0v) is 37.0. The monoisotopic (exact) mass is 938 g/mol. The van der Waals surface area contributed by atoms with Gasteiger partial charge in [0.15, 0.2) is 10.9 Å². The summed E-state index contributed by atoms with van der Waals surface area (Å²) in [7, 11) is 0. The molecule has 2 fully saturated rings. The van der Waals surface area contributed by atoms with Crippen LogP contribution in [0.3, 0.4) is 0 Å². The first-order chi connectivity index (χ1) is 29.4. The fourth-order valence-corrected chi connectivity index (χ4v) is 7.32. The van der Waals surface area contributed by atoms with E-state index >= 15 is 0 Å². The van der Waals surface area contributed by atoms with Gasteiger partial charge in [-0.05, 0) is 125 Å². The lowest BCUT2D eigenvalue weighted by Crippen LogP contribution is -2.25. The number of carboxylic acids is 1. The SMILES string of the molecule is CC(=O)O.Nc1nc(Nc2ccc(OCCN3CCCC3)cc2)sc1C(=O)c1cccc(F)c1.O=C(CBr)c1cccc(F)c1.S=Nc1ccc(OCCN2CCCC2)cc1. The van der Waals surface area contributed by atoms with Crippen molar-refractivity contribution in [3.05, 3.63) is 125 Å². The molecule has 324 valence electrons. The number of likely N-dealkylation sites (tertiary alicyclic amines) is 2. The molecule has 12 nitrogen and oxygen atoms in total. The number of hydrogen-bond acceptors (Lipinski definition) is 13. The van der Waals surface area contributed by atoms with Gasteiger partial charge in [-0.3, -0.25) is 24.2 Å². The Morgan fingerprint density at radius 3 is 1.77 bits per heavy atom. The van der Waals surface area contributed by atoms with Crippen molar-refractivity contribution in [1.82, 2.24) is 14.8 Å². The van der Waals surface area contributed by atoms with Crippen molar-refractivity contribution in [3.63, 3.8) is 0 Å². The minimum absolute atomic E-state index is 0.107. The van der Waals surface area contributed by atoms with Gasteiger partial charge in [0.25, 0.3) is 5.97 Å².